The summed E-state index contributed by atoms with van der Waals surface area (Å²) in [7, 11) is 0. The molecule has 0 radical (unpaired) electrons. The number of ether oxygens (including phenoxy) is 2. The summed E-state index contributed by atoms with van der Waals surface area (Å²) in [6.45, 7) is 14.2. The number of nitrogens with zero attached hydrogens (tertiary/aromatic N) is 6. The third-order valence-corrected chi connectivity index (χ3v) is 11.6. The number of benzene rings is 3. The van der Waals surface area contributed by atoms with Gasteiger partial charge in [-0.05, 0) is 74.6 Å². The average molecular weight is 733 g/mol. The molecule has 2 bridgehead atoms. The lowest BCUT2D eigenvalue weighted by molar-refractivity contribution is -0.156. The van der Waals surface area contributed by atoms with Crippen LogP contribution < -0.4 is 9.64 Å². The van der Waals surface area contributed by atoms with Gasteiger partial charge in [0.15, 0.2) is 0 Å². The molecule has 12 heteroatoms. The average Bonchev–Trinajstić information content (AvgIpc) is 3.86. The van der Waals surface area contributed by atoms with Gasteiger partial charge in [0.25, 0.3) is 0 Å². The second kappa shape index (κ2) is 14.8. The number of aliphatic hydroxyl groups is 1. The zero-order valence-corrected chi connectivity index (χ0v) is 31.1. The lowest BCUT2D eigenvalue weighted by Gasteiger charge is -2.39. The maximum absolute atomic E-state index is 15.3. The molecule has 3 aliphatic heterocycles. The first-order valence-corrected chi connectivity index (χ1v) is 18.6. The fourth-order valence-corrected chi connectivity index (χ4v) is 9.10. The second-order valence-electron chi connectivity index (χ2n) is 14.7. The van der Waals surface area contributed by atoms with Crippen molar-refractivity contribution in [2.75, 3.05) is 31.2 Å². The molecule has 282 valence electrons. The molecule has 54 heavy (non-hydrogen) atoms. The van der Waals surface area contributed by atoms with Gasteiger partial charge < -0.3 is 29.3 Å². The predicted octanol–water partition coefficient (Wildman–Crippen LogP) is 4.64. The van der Waals surface area contributed by atoms with E-state index in [9.17, 15) is 5.11 Å². The topological polar surface area (TPSA) is 130 Å². The highest BCUT2D eigenvalue weighted by Gasteiger charge is 2.80. The Kier molecular flexibility index (Phi) is 10.2. The van der Waals surface area contributed by atoms with Gasteiger partial charge in [-0.2, -0.15) is 0 Å². The summed E-state index contributed by atoms with van der Waals surface area (Å²) in [5.41, 5.74) is 0.532. The van der Waals surface area contributed by atoms with E-state index in [-0.39, 0.29) is 43.4 Å². The van der Waals surface area contributed by atoms with E-state index in [0.29, 0.717) is 36.4 Å². The summed E-state index contributed by atoms with van der Waals surface area (Å²) < 4.78 is 14.4. The van der Waals surface area contributed by atoms with Gasteiger partial charge in [-0.3, -0.25) is 14.4 Å². The highest BCUT2D eigenvalue weighted by atomic mass is 16.5. The second-order valence-corrected chi connectivity index (χ2v) is 14.7. The van der Waals surface area contributed by atoms with Gasteiger partial charge in [0.2, 0.25) is 17.7 Å². The van der Waals surface area contributed by atoms with E-state index in [1.165, 1.54) is 4.90 Å². The fourth-order valence-electron chi connectivity index (χ4n) is 9.10. The number of anilines is 1. The quantitative estimate of drug-likeness (QED) is 0.175. The number of aromatic nitrogens is 3. The molecule has 1 aromatic heterocycles. The van der Waals surface area contributed by atoms with Crippen molar-refractivity contribution in [1.29, 1.82) is 0 Å². The minimum Gasteiger partial charge on any atom is -0.494 e. The van der Waals surface area contributed by atoms with Gasteiger partial charge in [0.1, 0.15) is 29.6 Å². The first-order chi connectivity index (χ1) is 26.1. The van der Waals surface area contributed by atoms with Crippen LogP contribution in [-0.4, -0.2) is 97.2 Å². The van der Waals surface area contributed by atoms with Gasteiger partial charge in [-0.25, -0.2) is 4.68 Å². The highest BCUT2D eigenvalue weighted by Crippen LogP contribution is 2.66. The molecule has 3 aliphatic rings. The van der Waals surface area contributed by atoms with Crippen LogP contribution in [-0.2, 0) is 32.2 Å². The number of hydrogen-bond donors (Lipinski definition) is 1. The molecule has 0 aliphatic carbocycles. The van der Waals surface area contributed by atoms with Crippen LogP contribution in [0.4, 0.5) is 5.69 Å². The molecular formula is C42H48N6O6. The molecule has 3 amide bonds. The molecule has 3 aromatic carbocycles. The van der Waals surface area contributed by atoms with Gasteiger partial charge in [0.05, 0.1) is 42.2 Å². The zero-order valence-electron chi connectivity index (χ0n) is 31.1. The predicted molar refractivity (Wildman–Crippen MR) is 204 cm³/mol. The van der Waals surface area contributed by atoms with Crippen LogP contribution in [0.1, 0.15) is 32.8 Å². The Balaban J connectivity index is 1.33. The summed E-state index contributed by atoms with van der Waals surface area (Å²) in [5, 5.41) is 19.6. The van der Waals surface area contributed by atoms with E-state index in [0.717, 1.165) is 11.1 Å². The summed E-state index contributed by atoms with van der Waals surface area (Å²) in [4.78, 5) is 50.4. The maximum atomic E-state index is 15.3. The van der Waals surface area contributed by atoms with Crippen LogP contribution >= 0.6 is 0 Å². The number of carbonyl (C=O) groups excluding carboxylic acids is 3. The molecular weight excluding hydrogens is 684 g/mol. The summed E-state index contributed by atoms with van der Waals surface area (Å²) in [6, 6.07) is 22.4. The van der Waals surface area contributed by atoms with E-state index in [2.05, 4.69) is 23.5 Å². The third-order valence-electron chi connectivity index (χ3n) is 11.6. The standard InChI is InChI=1S/C42H48N6O6/c1-6-22-45(27-47-34-17-13-12-16-33(34)43-44-47)40(52)37-42-25-28(4)41(5,54-42)35(38(50)46(23-7-2)30-18-20-32(21-19-30)53-8-3)36(42)39(51)48(37)31(26-49)24-29-14-10-9-11-15-29/h6-7,9-21,28,31,35-37,49H,1-2,8,22-27H2,3-5H3/t28?,31-,35-,36+,37?,41+,42?/m1/s1. The minimum atomic E-state index is -1.35. The highest BCUT2D eigenvalue weighted by molar-refractivity contribution is 6.03. The lowest BCUT2D eigenvalue weighted by atomic mass is 9.62. The summed E-state index contributed by atoms with van der Waals surface area (Å²) in [5.74, 6) is -2.48. The van der Waals surface area contributed by atoms with E-state index in [1.807, 2.05) is 99.6 Å². The number of likely N-dealkylation sites (tertiary alicyclic amines) is 1. The van der Waals surface area contributed by atoms with Gasteiger partial charge >= 0.3 is 0 Å². The van der Waals surface area contributed by atoms with Crippen molar-refractivity contribution in [3.8, 4) is 5.75 Å². The SMILES string of the molecule is C=CCN(Cn1nnc2ccccc21)C(=O)C1N([C@@H](CO)Cc2ccccc2)C(=O)[C@@H]2[C@H](C(=O)N(CC=C)c3ccc(OCC)cc3)[C@@]3(C)OC12CC3C. The van der Waals surface area contributed by atoms with Crippen LogP contribution in [0.3, 0.4) is 0 Å². The fraction of sp³-hybridized carbons (Fsp3) is 0.405. The van der Waals surface area contributed by atoms with Crippen LogP contribution in [0.15, 0.2) is 104 Å². The Morgan fingerprint density at radius 3 is 2.43 bits per heavy atom. The number of rotatable bonds is 15. The Hall–Kier alpha value is -5.33. The number of amides is 3. The van der Waals surface area contributed by atoms with Crippen molar-refractivity contribution >= 4 is 34.4 Å². The van der Waals surface area contributed by atoms with Crippen LogP contribution in [0.25, 0.3) is 11.0 Å². The first-order valence-electron chi connectivity index (χ1n) is 18.6. The van der Waals surface area contributed by atoms with Crippen LogP contribution in [0, 0.1) is 17.8 Å². The van der Waals surface area contributed by atoms with E-state index >= 15 is 14.4 Å². The number of hydrogen-bond acceptors (Lipinski definition) is 8. The van der Waals surface area contributed by atoms with Crippen LogP contribution in [0.5, 0.6) is 5.75 Å². The normalized spacial score (nSPS) is 26.1. The number of fused-ring (bicyclic) bond motifs is 2. The molecule has 1 N–H and O–H groups in total. The van der Waals surface area contributed by atoms with Crippen LogP contribution in [0.2, 0.25) is 0 Å². The Morgan fingerprint density at radius 1 is 1.04 bits per heavy atom. The largest absolute Gasteiger partial charge is 0.494 e. The smallest absolute Gasteiger partial charge is 0.250 e. The molecule has 1 spiro atoms. The molecule has 3 fully saturated rings. The Labute approximate surface area is 315 Å². The van der Waals surface area contributed by atoms with Crippen molar-refractivity contribution in [2.24, 2.45) is 17.8 Å². The molecule has 3 unspecified atom stereocenters. The molecule has 0 saturated carbocycles. The van der Waals surface area contributed by atoms with Crippen molar-refractivity contribution < 1.29 is 29.0 Å². The van der Waals surface area contributed by atoms with E-state index in [4.69, 9.17) is 9.47 Å². The Morgan fingerprint density at radius 2 is 1.74 bits per heavy atom. The summed E-state index contributed by atoms with van der Waals surface area (Å²) in [6.07, 6.45) is 3.96. The molecule has 7 rings (SSSR count). The van der Waals surface area contributed by atoms with Crippen molar-refractivity contribution in [2.45, 2.75) is 63.6 Å². The number of aliphatic hydroxyl groups excluding tert-OH is 1. The molecule has 12 nitrogen and oxygen atoms in total. The van der Waals surface area contributed by atoms with Crippen molar-refractivity contribution in [3.63, 3.8) is 0 Å². The van der Waals surface area contributed by atoms with Gasteiger partial charge in [-0.15, -0.1) is 18.3 Å². The maximum Gasteiger partial charge on any atom is 0.250 e. The van der Waals surface area contributed by atoms with Gasteiger partial charge in [-0.1, -0.05) is 66.8 Å². The molecule has 7 atom stereocenters. The van der Waals surface area contributed by atoms with Gasteiger partial charge in [0, 0.05) is 18.8 Å². The van der Waals surface area contributed by atoms with Crippen molar-refractivity contribution in [3.05, 3.63) is 110 Å². The molecule has 3 saturated heterocycles. The monoisotopic (exact) mass is 732 g/mol. The zero-order chi connectivity index (χ0) is 38.2. The lowest BCUT2D eigenvalue weighted by Crippen LogP contribution is -2.59. The number of para-hydroxylation sites is 1. The first kappa shape index (κ1) is 37.0. The number of carbonyl (C=O) groups is 3. The molecule has 4 heterocycles. The van der Waals surface area contributed by atoms with Crippen molar-refractivity contribution in [1.82, 2.24) is 24.8 Å². The van der Waals surface area contributed by atoms with E-state index < -0.39 is 41.7 Å². The Bertz CT molecular complexity index is 2040. The minimum absolute atomic E-state index is 0.0349. The molecule has 4 aromatic rings. The third kappa shape index (κ3) is 6.07. The van der Waals surface area contributed by atoms with E-state index in [1.54, 1.807) is 26.6 Å². The summed E-state index contributed by atoms with van der Waals surface area (Å²) >= 11 is 0.